The van der Waals surface area contributed by atoms with E-state index in [2.05, 4.69) is 4.98 Å². The van der Waals surface area contributed by atoms with E-state index in [1.807, 2.05) is 0 Å². The number of aromatic nitrogens is 1. The predicted octanol–water partition coefficient (Wildman–Crippen LogP) is 1.73. The summed E-state index contributed by atoms with van der Waals surface area (Å²) < 4.78 is 24.7. The molecule has 0 aromatic carbocycles. The first-order valence-electron chi connectivity index (χ1n) is 4.01. The number of aliphatic hydroxyl groups is 1. The fourth-order valence-electron chi connectivity index (χ4n) is 1.12. The first-order chi connectivity index (χ1) is 6.97. The Morgan fingerprint density at radius 1 is 1.67 bits per heavy atom. The number of hydrogen-bond acceptors (Lipinski definition) is 4. The average molecular weight is 218 g/mol. The third-order valence-electron chi connectivity index (χ3n) is 1.90. The van der Waals surface area contributed by atoms with Gasteiger partial charge in [-0.3, -0.25) is 10.1 Å². The third kappa shape index (κ3) is 2.24. The molecule has 82 valence electrons. The highest BCUT2D eigenvalue weighted by molar-refractivity contribution is 5.41. The van der Waals surface area contributed by atoms with Crippen molar-refractivity contribution in [1.29, 1.82) is 0 Å². The molecule has 0 aliphatic carbocycles. The first-order valence-corrected chi connectivity index (χ1v) is 4.01. The van der Waals surface area contributed by atoms with Crippen LogP contribution in [0, 0.1) is 17.0 Å². The van der Waals surface area contributed by atoms with Crippen molar-refractivity contribution in [3.63, 3.8) is 0 Å². The summed E-state index contributed by atoms with van der Waals surface area (Å²) in [5.74, 6) is 0. The number of rotatable bonds is 3. The van der Waals surface area contributed by atoms with Gasteiger partial charge in [0.2, 0.25) is 0 Å². The van der Waals surface area contributed by atoms with E-state index in [1.165, 1.54) is 6.92 Å². The van der Waals surface area contributed by atoms with Crippen LogP contribution < -0.4 is 0 Å². The van der Waals surface area contributed by atoms with E-state index in [9.17, 15) is 18.9 Å². The van der Waals surface area contributed by atoms with Crippen molar-refractivity contribution in [2.45, 2.75) is 20.0 Å². The number of pyridine rings is 1. The second-order valence-electron chi connectivity index (χ2n) is 2.85. The lowest BCUT2D eigenvalue weighted by Crippen LogP contribution is -2.04. The fourth-order valence-corrected chi connectivity index (χ4v) is 1.12. The van der Waals surface area contributed by atoms with Gasteiger partial charge in [-0.15, -0.1) is 0 Å². The van der Waals surface area contributed by atoms with Crippen molar-refractivity contribution >= 4 is 5.69 Å². The molecule has 0 fully saturated rings. The lowest BCUT2D eigenvalue weighted by atomic mass is 10.1. The Morgan fingerprint density at radius 2 is 2.27 bits per heavy atom. The van der Waals surface area contributed by atoms with Gasteiger partial charge in [-0.05, 0) is 6.92 Å². The lowest BCUT2D eigenvalue weighted by Gasteiger charge is -2.05. The summed E-state index contributed by atoms with van der Waals surface area (Å²) >= 11 is 0. The topological polar surface area (TPSA) is 76.3 Å². The molecule has 1 heterocycles. The molecule has 0 unspecified atom stereocenters. The number of aliphatic hydroxyl groups excluding tert-OH is 1. The second-order valence-corrected chi connectivity index (χ2v) is 2.85. The maximum absolute atomic E-state index is 12.4. The van der Waals surface area contributed by atoms with Gasteiger partial charge in [-0.2, -0.15) is 0 Å². The Labute approximate surface area is 83.5 Å². The average Bonchev–Trinajstić information content (AvgIpc) is 2.16. The molecule has 1 rings (SSSR count). The number of nitrogens with zero attached hydrogens (tertiary/aromatic N) is 2. The molecule has 0 aliphatic rings. The van der Waals surface area contributed by atoms with Crippen LogP contribution in [-0.2, 0) is 6.61 Å². The minimum Gasteiger partial charge on any atom is -0.392 e. The van der Waals surface area contributed by atoms with Crippen LogP contribution in [0.4, 0.5) is 14.5 Å². The van der Waals surface area contributed by atoms with Gasteiger partial charge in [0.05, 0.1) is 11.5 Å². The highest BCUT2D eigenvalue weighted by Gasteiger charge is 2.25. The molecule has 0 spiro atoms. The van der Waals surface area contributed by atoms with Crippen molar-refractivity contribution in [2.75, 3.05) is 0 Å². The van der Waals surface area contributed by atoms with E-state index in [0.717, 1.165) is 6.07 Å². The number of hydrogen-bond donors (Lipinski definition) is 1. The van der Waals surface area contributed by atoms with E-state index in [1.54, 1.807) is 0 Å². The zero-order chi connectivity index (χ0) is 11.6. The third-order valence-corrected chi connectivity index (χ3v) is 1.90. The highest BCUT2D eigenvalue weighted by atomic mass is 19.3. The number of halogens is 2. The SMILES string of the molecule is Cc1nc(C(F)F)c([N+](=O)[O-])cc1CO. The minimum absolute atomic E-state index is 0.165. The van der Waals surface area contributed by atoms with E-state index < -0.39 is 29.3 Å². The van der Waals surface area contributed by atoms with Crippen LogP contribution in [-0.4, -0.2) is 15.0 Å². The Morgan fingerprint density at radius 3 is 2.67 bits per heavy atom. The second kappa shape index (κ2) is 4.26. The summed E-state index contributed by atoms with van der Waals surface area (Å²) in [4.78, 5) is 12.9. The van der Waals surface area contributed by atoms with Gasteiger partial charge in [0.1, 0.15) is 0 Å². The van der Waals surface area contributed by atoms with Crippen LogP contribution in [0.15, 0.2) is 6.07 Å². The fraction of sp³-hybridized carbons (Fsp3) is 0.375. The molecule has 0 aliphatic heterocycles. The Hall–Kier alpha value is -1.63. The van der Waals surface area contributed by atoms with Crippen LogP contribution in [0.2, 0.25) is 0 Å². The first kappa shape index (κ1) is 11.4. The summed E-state index contributed by atoms with van der Waals surface area (Å²) in [7, 11) is 0. The van der Waals surface area contributed by atoms with Crippen molar-refractivity contribution < 1.29 is 18.8 Å². The maximum atomic E-state index is 12.4. The van der Waals surface area contributed by atoms with Crippen LogP contribution in [0.3, 0.4) is 0 Å². The summed E-state index contributed by atoms with van der Waals surface area (Å²) in [6.07, 6.45) is -3.00. The molecular formula is C8H8F2N2O3. The molecule has 0 radical (unpaired) electrons. The van der Waals surface area contributed by atoms with Crippen LogP contribution in [0.25, 0.3) is 0 Å². The smallest absolute Gasteiger partial charge is 0.297 e. The Bertz CT molecular complexity index is 396. The summed E-state index contributed by atoms with van der Waals surface area (Å²) in [5.41, 5.74) is -1.29. The van der Waals surface area contributed by atoms with Gasteiger partial charge in [0, 0.05) is 17.3 Å². The van der Waals surface area contributed by atoms with Crippen LogP contribution in [0.5, 0.6) is 0 Å². The largest absolute Gasteiger partial charge is 0.392 e. The van der Waals surface area contributed by atoms with E-state index in [4.69, 9.17) is 5.11 Å². The van der Waals surface area contributed by atoms with Crippen molar-refractivity contribution in [2.24, 2.45) is 0 Å². The zero-order valence-electron chi connectivity index (χ0n) is 7.78. The predicted molar refractivity (Wildman–Crippen MR) is 46.5 cm³/mol. The molecule has 15 heavy (non-hydrogen) atoms. The van der Waals surface area contributed by atoms with Gasteiger partial charge in [-0.1, -0.05) is 0 Å². The zero-order valence-corrected chi connectivity index (χ0v) is 7.78. The molecule has 5 nitrogen and oxygen atoms in total. The van der Waals surface area contributed by atoms with E-state index >= 15 is 0 Å². The Balaban J connectivity index is 3.39. The molecule has 0 amide bonds. The number of aryl methyl sites for hydroxylation is 1. The number of alkyl halides is 2. The number of nitro groups is 1. The van der Waals surface area contributed by atoms with Crippen LogP contribution in [0.1, 0.15) is 23.4 Å². The van der Waals surface area contributed by atoms with Crippen molar-refractivity contribution in [1.82, 2.24) is 4.98 Å². The normalized spacial score (nSPS) is 10.7. The Kier molecular flexibility index (Phi) is 3.25. The summed E-state index contributed by atoms with van der Waals surface area (Å²) in [6, 6.07) is 0.920. The van der Waals surface area contributed by atoms with Crippen LogP contribution >= 0.6 is 0 Å². The summed E-state index contributed by atoms with van der Waals surface area (Å²) in [5, 5.41) is 19.3. The van der Waals surface area contributed by atoms with Gasteiger partial charge >= 0.3 is 0 Å². The van der Waals surface area contributed by atoms with Gasteiger partial charge in [0.25, 0.3) is 12.1 Å². The minimum atomic E-state index is -3.00. The molecule has 0 atom stereocenters. The maximum Gasteiger partial charge on any atom is 0.297 e. The molecule has 1 N–H and O–H groups in total. The molecule has 1 aromatic heterocycles. The molecule has 0 bridgehead atoms. The molecule has 0 saturated carbocycles. The molecule has 1 aromatic rings. The highest BCUT2D eigenvalue weighted by Crippen LogP contribution is 2.28. The molecule has 7 heteroatoms. The molecule has 0 saturated heterocycles. The van der Waals surface area contributed by atoms with Gasteiger partial charge in [-0.25, -0.2) is 13.8 Å². The summed E-state index contributed by atoms with van der Waals surface area (Å²) in [6.45, 7) is 0.935. The van der Waals surface area contributed by atoms with Crippen molar-refractivity contribution in [3.05, 3.63) is 33.1 Å². The lowest BCUT2D eigenvalue weighted by molar-refractivity contribution is -0.386. The van der Waals surface area contributed by atoms with E-state index in [-0.39, 0.29) is 11.3 Å². The van der Waals surface area contributed by atoms with Gasteiger partial charge in [0.15, 0.2) is 5.69 Å². The van der Waals surface area contributed by atoms with Crippen molar-refractivity contribution in [3.8, 4) is 0 Å². The monoisotopic (exact) mass is 218 g/mol. The molecular weight excluding hydrogens is 210 g/mol. The standard InChI is InChI=1S/C8H8F2N2O3/c1-4-5(3-13)2-6(12(14)15)7(11-4)8(9)10/h2,8,13H,3H2,1H3. The van der Waals surface area contributed by atoms with Gasteiger partial charge < -0.3 is 5.11 Å². The quantitative estimate of drug-likeness (QED) is 0.619. The van der Waals surface area contributed by atoms with E-state index in [0.29, 0.717) is 0 Å².